The molecule has 0 fully saturated rings. The van der Waals surface area contributed by atoms with Crippen molar-refractivity contribution in [2.24, 2.45) is 0 Å². The quantitative estimate of drug-likeness (QED) is 0.515. The van der Waals surface area contributed by atoms with Crippen LogP contribution in [0.15, 0.2) is 47.0 Å². The zero-order valence-corrected chi connectivity index (χ0v) is 14.3. The van der Waals surface area contributed by atoms with Gasteiger partial charge in [-0.05, 0) is 23.6 Å². The Morgan fingerprint density at radius 2 is 1.96 bits per heavy atom. The number of hydrogen-bond donors (Lipinski definition) is 1. The van der Waals surface area contributed by atoms with Gasteiger partial charge in [-0.25, -0.2) is 0 Å². The monoisotopic (exact) mass is 356 g/mol. The maximum Gasteiger partial charge on any atom is 0.306 e. The normalized spacial score (nSPS) is 10.9. The summed E-state index contributed by atoms with van der Waals surface area (Å²) in [6.45, 7) is 4.40. The summed E-state index contributed by atoms with van der Waals surface area (Å²) in [7, 11) is 0. The molecule has 0 atom stereocenters. The third-order valence-corrected chi connectivity index (χ3v) is 3.89. The van der Waals surface area contributed by atoms with Crippen LogP contribution >= 0.6 is 0 Å². The van der Waals surface area contributed by atoms with Crippen molar-refractivity contribution in [2.45, 2.75) is 26.3 Å². The van der Waals surface area contributed by atoms with Crippen LogP contribution in [0.25, 0.3) is 11.4 Å². The van der Waals surface area contributed by atoms with Gasteiger partial charge in [0.1, 0.15) is 0 Å². The number of rotatable bonds is 6. The van der Waals surface area contributed by atoms with Gasteiger partial charge in [0.2, 0.25) is 17.5 Å². The number of hydrogen-bond acceptors (Lipinski definition) is 6. The standard InChI is InChI=1S/C18H17FN4O3/c1-11(2)12-3-5-13(6-4-12)18-21-17(26-22-18)10-20-14-7-8-15(19)16(9-14)23(24)25/h3-9,11,20H,10H2,1-2H3. The summed E-state index contributed by atoms with van der Waals surface area (Å²) in [6.07, 6.45) is 0. The molecule has 26 heavy (non-hydrogen) atoms. The second-order valence-corrected chi connectivity index (χ2v) is 6.07. The third kappa shape index (κ3) is 3.85. The molecule has 8 heteroatoms. The Balaban J connectivity index is 1.69. The fraction of sp³-hybridized carbons (Fsp3) is 0.222. The van der Waals surface area contributed by atoms with Gasteiger partial charge in [0.05, 0.1) is 11.5 Å². The van der Waals surface area contributed by atoms with Crippen molar-refractivity contribution in [3.63, 3.8) is 0 Å². The van der Waals surface area contributed by atoms with Crippen LogP contribution in [0.1, 0.15) is 31.2 Å². The lowest BCUT2D eigenvalue weighted by molar-refractivity contribution is -0.387. The number of benzene rings is 2. The Morgan fingerprint density at radius 3 is 2.62 bits per heavy atom. The van der Waals surface area contributed by atoms with E-state index in [0.717, 1.165) is 17.7 Å². The maximum atomic E-state index is 13.3. The van der Waals surface area contributed by atoms with Gasteiger partial charge in [0.15, 0.2) is 0 Å². The minimum absolute atomic E-state index is 0.167. The Morgan fingerprint density at radius 1 is 1.23 bits per heavy atom. The van der Waals surface area contributed by atoms with Crippen LogP contribution in [0.2, 0.25) is 0 Å². The molecule has 1 N–H and O–H groups in total. The average molecular weight is 356 g/mol. The first kappa shape index (κ1) is 17.5. The van der Waals surface area contributed by atoms with Crippen molar-refractivity contribution in [1.82, 2.24) is 10.1 Å². The fourth-order valence-corrected chi connectivity index (χ4v) is 2.40. The fourth-order valence-electron chi connectivity index (χ4n) is 2.40. The molecule has 2 aromatic carbocycles. The predicted octanol–water partition coefficient (Wildman–Crippen LogP) is 4.52. The first-order valence-electron chi connectivity index (χ1n) is 8.05. The van der Waals surface area contributed by atoms with E-state index < -0.39 is 16.4 Å². The number of anilines is 1. The zero-order chi connectivity index (χ0) is 18.7. The molecule has 0 aliphatic carbocycles. The third-order valence-electron chi connectivity index (χ3n) is 3.89. The SMILES string of the molecule is CC(C)c1ccc(-c2noc(CNc3ccc(F)c([N+](=O)[O-])c3)n2)cc1. The highest BCUT2D eigenvalue weighted by atomic mass is 19.1. The highest BCUT2D eigenvalue weighted by molar-refractivity contribution is 5.55. The molecule has 0 radical (unpaired) electrons. The number of nitrogens with one attached hydrogen (secondary N) is 1. The molecule has 0 aliphatic rings. The predicted molar refractivity (Wildman–Crippen MR) is 94.2 cm³/mol. The van der Waals surface area contributed by atoms with Crippen molar-refractivity contribution >= 4 is 11.4 Å². The molecule has 0 saturated carbocycles. The van der Waals surface area contributed by atoms with E-state index in [1.165, 1.54) is 11.6 Å². The maximum absolute atomic E-state index is 13.3. The minimum Gasteiger partial charge on any atom is -0.376 e. The van der Waals surface area contributed by atoms with E-state index in [0.29, 0.717) is 23.3 Å². The molecular weight excluding hydrogens is 339 g/mol. The second kappa shape index (κ2) is 7.30. The second-order valence-electron chi connectivity index (χ2n) is 6.07. The molecule has 1 aromatic heterocycles. The molecule has 0 aliphatic heterocycles. The summed E-state index contributed by atoms with van der Waals surface area (Å²) < 4.78 is 18.5. The van der Waals surface area contributed by atoms with Crippen molar-refractivity contribution in [3.8, 4) is 11.4 Å². The number of aromatic nitrogens is 2. The first-order valence-corrected chi connectivity index (χ1v) is 8.05. The lowest BCUT2D eigenvalue weighted by atomic mass is 10.0. The van der Waals surface area contributed by atoms with Gasteiger partial charge in [-0.3, -0.25) is 10.1 Å². The van der Waals surface area contributed by atoms with Crippen LogP contribution in [0.3, 0.4) is 0 Å². The van der Waals surface area contributed by atoms with Crippen LogP contribution < -0.4 is 5.32 Å². The summed E-state index contributed by atoms with van der Waals surface area (Å²) in [6, 6.07) is 11.5. The summed E-state index contributed by atoms with van der Waals surface area (Å²) in [4.78, 5) is 14.3. The van der Waals surface area contributed by atoms with Gasteiger partial charge < -0.3 is 9.84 Å². The van der Waals surface area contributed by atoms with Crippen LogP contribution in [0.4, 0.5) is 15.8 Å². The molecule has 0 amide bonds. The van der Waals surface area contributed by atoms with Gasteiger partial charge in [0, 0.05) is 17.3 Å². The Kier molecular flexibility index (Phi) is 4.92. The van der Waals surface area contributed by atoms with E-state index in [2.05, 4.69) is 29.3 Å². The highest BCUT2D eigenvalue weighted by Gasteiger charge is 2.15. The average Bonchev–Trinajstić information content (AvgIpc) is 3.10. The number of nitrogens with zero attached hydrogens (tertiary/aromatic N) is 3. The molecule has 0 unspecified atom stereocenters. The van der Waals surface area contributed by atoms with Gasteiger partial charge in [0.25, 0.3) is 0 Å². The van der Waals surface area contributed by atoms with E-state index in [1.807, 2.05) is 24.3 Å². The summed E-state index contributed by atoms with van der Waals surface area (Å²) in [5.41, 5.74) is 1.85. The summed E-state index contributed by atoms with van der Waals surface area (Å²) >= 11 is 0. The largest absolute Gasteiger partial charge is 0.376 e. The molecule has 0 saturated heterocycles. The Hall–Kier alpha value is -3.29. The van der Waals surface area contributed by atoms with E-state index in [1.54, 1.807) is 0 Å². The topological polar surface area (TPSA) is 94.1 Å². The van der Waals surface area contributed by atoms with Crippen molar-refractivity contribution < 1.29 is 13.8 Å². The summed E-state index contributed by atoms with van der Waals surface area (Å²) in [5.74, 6) is 0.335. The molecule has 3 aromatic rings. The van der Waals surface area contributed by atoms with Crippen LogP contribution in [-0.4, -0.2) is 15.1 Å². The van der Waals surface area contributed by atoms with Crippen molar-refractivity contribution in [3.05, 3.63) is 69.9 Å². The molecule has 7 nitrogen and oxygen atoms in total. The summed E-state index contributed by atoms with van der Waals surface area (Å²) in [5, 5.41) is 17.6. The molecule has 0 spiro atoms. The highest BCUT2D eigenvalue weighted by Crippen LogP contribution is 2.23. The molecule has 0 bridgehead atoms. The van der Waals surface area contributed by atoms with Gasteiger partial charge >= 0.3 is 5.69 Å². The van der Waals surface area contributed by atoms with Gasteiger partial charge in [-0.1, -0.05) is 43.3 Å². The molecule has 1 heterocycles. The van der Waals surface area contributed by atoms with Crippen LogP contribution in [0.5, 0.6) is 0 Å². The van der Waals surface area contributed by atoms with Crippen LogP contribution in [-0.2, 0) is 6.54 Å². The van der Waals surface area contributed by atoms with Gasteiger partial charge in [-0.2, -0.15) is 9.37 Å². The molecular formula is C18H17FN4O3. The number of halogens is 1. The zero-order valence-electron chi connectivity index (χ0n) is 14.3. The number of nitro benzene ring substituents is 1. The molecule has 134 valence electrons. The van der Waals surface area contributed by atoms with Crippen molar-refractivity contribution in [2.75, 3.05) is 5.32 Å². The van der Waals surface area contributed by atoms with Gasteiger partial charge in [-0.15, -0.1) is 0 Å². The molecule has 3 rings (SSSR count). The Labute approximate surface area is 149 Å². The van der Waals surface area contributed by atoms with E-state index in [9.17, 15) is 14.5 Å². The van der Waals surface area contributed by atoms with E-state index in [-0.39, 0.29) is 6.54 Å². The lowest BCUT2D eigenvalue weighted by Gasteiger charge is -2.04. The smallest absolute Gasteiger partial charge is 0.306 e. The minimum atomic E-state index is -0.884. The van der Waals surface area contributed by atoms with Crippen LogP contribution in [0, 0.1) is 15.9 Å². The number of nitro groups is 1. The lowest BCUT2D eigenvalue weighted by Crippen LogP contribution is -2.01. The van der Waals surface area contributed by atoms with E-state index in [4.69, 9.17) is 4.52 Å². The Bertz CT molecular complexity index is 922. The van der Waals surface area contributed by atoms with Crippen molar-refractivity contribution in [1.29, 1.82) is 0 Å². The van der Waals surface area contributed by atoms with E-state index >= 15 is 0 Å². The first-order chi connectivity index (χ1) is 12.4.